The van der Waals surface area contributed by atoms with Crippen LogP contribution < -0.4 is 5.32 Å². The number of benzene rings is 3. The molecule has 0 saturated carbocycles. The van der Waals surface area contributed by atoms with Crippen LogP contribution in [0.15, 0.2) is 97.3 Å². The molecule has 0 aliphatic carbocycles. The molecule has 0 aliphatic rings. The second kappa shape index (κ2) is 8.35. The number of anilines is 1. The first-order chi connectivity index (χ1) is 13.8. The molecule has 0 aliphatic heterocycles. The van der Waals surface area contributed by atoms with Crippen molar-refractivity contribution in [3.05, 3.63) is 120 Å². The lowest BCUT2D eigenvalue weighted by Crippen LogP contribution is -2.14. The molecule has 1 amide bonds. The van der Waals surface area contributed by atoms with E-state index in [-0.39, 0.29) is 5.91 Å². The van der Waals surface area contributed by atoms with Crippen LogP contribution >= 0.6 is 0 Å². The minimum Gasteiger partial charge on any atom is -0.322 e. The van der Waals surface area contributed by atoms with Gasteiger partial charge in [0, 0.05) is 23.6 Å². The number of hydrogen-bond donors (Lipinski definition) is 1. The summed E-state index contributed by atoms with van der Waals surface area (Å²) >= 11 is 0. The number of amides is 1. The van der Waals surface area contributed by atoms with Crippen molar-refractivity contribution in [1.82, 2.24) is 9.78 Å². The lowest BCUT2D eigenvalue weighted by Gasteiger charge is -2.11. The van der Waals surface area contributed by atoms with Gasteiger partial charge in [0.1, 0.15) is 0 Å². The van der Waals surface area contributed by atoms with Gasteiger partial charge >= 0.3 is 0 Å². The summed E-state index contributed by atoms with van der Waals surface area (Å²) in [6, 6.07) is 27.7. The Kier molecular flexibility index (Phi) is 5.29. The molecular weight excluding hydrogens is 346 g/mol. The SMILES string of the molecule is O=C(Nc1cccc(Cn2cccn2)c1)c1ccccc1Cc1ccccc1. The minimum atomic E-state index is -0.0947. The number of hydrogen-bond acceptors (Lipinski definition) is 2. The smallest absolute Gasteiger partial charge is 0.255 e. The Morgan fingerprint density at radius 3 is 2.46 bits per heavy atom. The Labute approximate surface area is 164 Å². The summed E-state index contributed by atoms with van der Waals surface area (Å²) < 4.78 is 1.86. The highest BCUT2D eigenvalue weighted by Crippen LogP contribution is 2.18. The van der Waals surface area contributed by atoms with E-state index in [0.29, 0.717) is 12.1 Å². The predicted molar refractivity (Wildman–Crippen MR) is 111 cm³/mol. The quantitative estimate of drug-likeness (QED) is 0.533. The molecule has 0 radical (unpaired) electrons. The van der Waals surface area contributed by atoms with E-state index in [9.17, 15) is 4.79 Å². The van der Waals surface area contributed by atoms with E-state index in [1.165, 1.54) is 5.56 Å². The second-order valence-electron chi connectivity index (χ2n) is 6.68. The van der Waals surface area contributed by atoms with Gasteiger partial charge in [-0.2, -0.15) is 5.10 Å². The Morgan fingerprint density at radius 1 is 0.857 bits per heavy atom. The topological polar surface area (TPSA) is 46.9 Å². The van der Waals surface area contributed by atoms with Crippen LogP contribution in [0.1, 0.15) is 27.0 Å². The summed E-state index contributed by atoms with van der Waals surface area (Å²) in [7, 11) is 0. The molecule has 4 heteroatoms. The maximum Gasteiger partial charge on any atom is 0.255 e. The van der Waals surface area contributed by atoms with Crippen LogP contribution in [0.4, 0.5) is 5.69 Å². The fourth-order valence-electron chi connectivity index (χ4n) is 3.24. The fraction of sp³-hybridized carbons (Fsp3) is 0.0833. The molecule has 28 heavy (non-hydrogen) atoms. The Balaban J connectivity index is 1.51. The number of nitrogens with one attached hydrogen (secondary N) is 1. The largest absolute Gasteiger partial charge is 0.322 e. The molecule has 4 rings (SSSR count). The highest BCUT2D eigenvalue weighted by molar-refractivity contribution is 6.05. The monoisotopic (exact) mass is 367 g/mol. The predicted octanol–water partition coefficient (Wildman–Crippen LogP) is 4.77. The zero-order valence-corrected chi connectivity index (χ0v) is 15.5. The maximum absolute atomic E-state index is 12.9. The average molecular weight is 367 g/mol. The van der Waals surface area contributed by atoms with Crippen LogP contribution in [-0.4, -0.2) is 15.7 Å². The van der Waals surface area contributed by atoms with E-state index in [0.717, 1.165) is 23.2 Å². The molecule has 1 N–H and O–H groups in total. The van der Waals surface area contributed by atoms with Crippen molar-refractivity contribution in [2.75, 3.05) is 5.32 Å². The highest BCUT2D eigenvalue weighted by atomic mass is 16.1. The molecule has 138 valence electrons. The molecule has 0 atom stereocenters. The first-order valence-corrected chi connectivity index (χ1v) is 9.27. The Hall–Kier alpha value is -3.66. The molecule has 0 bridgehead atoms. The molecular formula is C24H21N3O. The first-order valence-electron chi connectivity index (χ1n) is 9.27. The molecule has 1 aromatic heterocycles. The van der Waals surface area contributed by atoms with E-state index in [1.54, 1.807) is 6.20 Å². The standard InChI is InChI=1S/C24H21N3O/c28-24(23-13-5-4-11-21(23)16-19-8-2-1-3-9-19)26-22-12-6-10-20(17-22)18-27-15-7-14-25-27/h1-15,17H,16,18H2,(H,26,28). The van der Waals surface area contributed by atoms with E-state index in [1.807, 2.05) is 83.7 Å². The average Bonchev–Trinajstić information content (AvgIpc) is 3.22. The fourth-order valence-corrected chi connectivity index (χ4v) is 3.24. The van der Waals surface area contributed by atoms with Gasteiger partial charge in [-0.3, -0.25) is 9.48 Å². The number of nitrogens with zero attached hydrogens (tertiary/aromatic N) is 2. The first kappa shape index (κ1) is 17.7. The normalized spacial score (nSPS) is 10.6. The van der Waals surface area contributed by atoms with E-state index in [4.69, 9.17) is 0 Å². The van der Waals surface area contributed by atoms with Crippen molar-refractivity contribution in [2.24, 2.45) is 0 Å². The summed E-state index contributed by atoms with van der Waals surface area (Å²) in [6.07, 6.45) is 4.41. The lowest BCUT2D eigenvalue weighted by atomic mass is 9.99. The van der Waals surface area contributed by atoms with Crippen LogP contribution in [0.5, 0.6) is 0 Å². The van der Waals surface area contributed by atoms with E-state index >= 15 is 0 Å². The second-order valence-corrected chi connectivity index (χ2v) is 6.68. The number of rotatable bonds is 6. The summed E-state index contributed by atoms with van der Waals surface area (Å²) in [5, 5.41) is 7.27. The van der Waals surface area contributed by atoms with Crippen LogP contribution in [0, 0.1) is 0 Å². The number of carbonyl (C=O) groups is 1. The van der Waals surface area contributed by atoms with Crippen molar-refractivity contribution in [2.45, 2.75) is 13.0 Å². The van der Waals surface area contributed by atoms with Crippen LogP contribution in [0.3, 0.4) is 0 Å². The number of carbonyl (C=O) groups excluding carboxylic acids is 1. The zero-order chi connectivity index (χ0) is 19.2. The third-order valence-electron chi connectivity index (χ3n) is 4.59. The third kappa shape index (κ3) is 4.35. The van der Waals surface area contributed by atoms with Crippen LogP contribution in [0.25, 0.3) is 0 Å². The molecule has 0 unspecified atom stereocenters. The summed E-state index contributed by atoms with van der Waals surface area (Å²) in [5.41, 5.74) is 4.76. The van der Waals surface area contributed by atoms with Gasteiger partial charge in [-0.25, -0.2) is 0 Å². The molecule has 0 saturated heterocycles. The third-order valence-corrected chi connectivity index (χ3v) is 4.59. The van der Waals surface area contributed by atoms with Crippen molar-refractivity contribution >= 4 is 11.6 Å². The van der Waals surface area contributed by atoms with Crippen molar-refractivity contribution in [3.63, 3.8) is 0 Å². The van der Waals surface area contributed by atoms with Crippen LogP contribution in [-0.2, 0) is 13.0 Å². The molecule has 0 spiro atoms. The maximum atomic E-state index is 12.9. The minimum absolute atomic E-state index is 0.0947. The molecule has 4 nitrogen and oxygen atoms in total. The van der Waals surface area contributed by atoms with Gasteiger partial charge in [-0.1, -0.05) is 60.7 Å². The lowest BCUT2D eigenvalue weighted by molar-refractivity contribution is 0.102. The van der Waals surface area contributed by atoms with Crippen LogP contribution in [0.2, 0.25) is 0 Å². The number of aromatic nitrogens is 2. The molecule has 4 aromatic rings. The van der Waals surface area contributed by atoms with Gasteiger partial charge in [-0.15, -0.1) is 0 Å². The van der Waals surface area contributed by atoms with Crippen molar-refractivity contribution in [3.8, 4) is 0 Å². The summed E-state index contributed by atoms with van der Waals surface area (Å²) in [6.45, 7) is 0.668. The highest BCUT2D eigenvalue weighted by Gasteiger charge is 2.12. The van der Waals surface area contributed by atoms with Crippen molar-refractivity contribution < 1.29 is 4.79 Å². The summed E-state index contributed by atoms with van der Waals surface area (Å²) in [4.78, 5) is 12.9. The van der Waals surface area contributed by atoms with Crippen molar-refractivity contribution in [1.29, 1.82) is 0 Å². The van der Waals surface area contributed by atoms with E-state index in [2.05, 4.69) is 22.5 Å². The molecule has 0 fully saturated rings. The summed E-state index contributed by atoms with van der Waals surface area (Å²) in [5.74, 6) is -0.0947. The van der Waals surface area contributed by atoms with Gasteiger partial charge in [0.2, 0.25) is 0 Å². The zero-order valence-electron chi connectivity index (χ0n) is 15.5. The Morgan fingerprint density at radius 2 is 1.64 bits per heavy atom. The molecule has 1 heterocycles. The Bertz CT molecular complexity index is 1060. The van der Waals surface area contributed by atoms with Gasteiger partial charge in [-0.05, 0) is 47.4 Å². The van der Waals surface area contributed by atoms with E-state index < -0.39 is 0 Å². The van der Waals surface area contributed by atoms with Gasteiger partial charge in [0.25, 0.3) is 5.91 Å². The van der Waals surface area contributed by atoms with Gasteiger partial charge in [0.15, 0.2) is 0 Å². The van der Waals surface area contributed by atoms with Gasteiger partial charge < -0.3 is 5.32 Å². The van der Waals surface area contributed by atoms with Gasteiger partial charge in [0.05, 0.1) is 6.54 Å². The molecule has 3 aromatic carbocycles.